The van der Waals surface area contributed by atoms with E-state index in [9.17, 15) is 4.79 Å². The first-order chi connectivity index (χ1) is 14.0. The SMILES string of the molecule is Cc1ccc(NC(=O)c2c(-n3c(C)cc(/C=N\O)c3C)sc3c2CCCC3)cc1. The standard InChI is InChI=1S/C23H25N3O2S/c1-14-8-10-18(11-9-14)25-22(27)21-19-6-4-5-7-20(19)29-23(21)26-15(2)12-17(13-24-28)16(26)3/h8-13,28H,4-7H2,1-3H3,(H,25,27)/b24-13-. The molecule has 29 heavy (non-hydrogen) atoms. The third-order valence-corrected chi connectivity index (χ3v) is 6.84. The molecule has 2 heterocycles. The van der Waals surface area contributed by atoms with E-state index in [1.165, 1.54) is 16.7 Å². The average Bonchev–Trinajstić information content (AvgIpc) is 3.20. The third kappa shape index (κ3) is 3.60. The van der Waals surface area contributed by atoms with Gasteiger partial charge in [0.15, 0.2) is 0 Å². The molecule has 2 N–H and O–H groups in total. The second-order valence-electron chi connectivity index (χ2n) is 7.62. The number of fused-ring (bicyclic) bond motifs is 1. The molecule has 1 amide bonds. The van der Waals surface area contributed by atoms with E-state index in [1.807, 2.05) is 51.1 Å². The first-order valence-electron chi connectivity index (χ1n) is 9.89. The summed E-state index contributed by atoms with van der Waals surface area (Å²) in [5, 5.41) is 16.2. The zero-order valence-corrected chi connectivity index (χ0v) is 17.8. The van der Waals surface area contributed by atoms with Crippen molar-refractivity contribution in [3.63, 3.8) is 0 Å². The lowest BCUT2D eigenvalue weighted by molar-refractivity contribution is 0.102. The van der Waals surface area contributed by atoms with Crippen molar-refractivity contribution >= 4 is 29.1 Å². The van der Waals surface area contributed by atoms with Gasteiger partial charge in [0.1, 0.15) is 5.00 Å². The van der Waals surface area contributed by atoms with Gasteiger partial charge in [0, 0.05) is 27.5 Å². The van der Waals surface area contributed by atoms with Crippen LogP contribution in [-0.2, 0) is 12.8 Å². The van der Waals surface area contributed by atoms with Crippen molar-refractivity contribution in [2.45, 2.75) is 46.5 Å². The molecular formula is C23H25N3O2S. The zero-order chi connectivity index (χ0) is 20.5. The van der Waals surface area contributed by atoms with Gasteiger partial charge in [-0.15, -0.1) is 11.3 Å². The molecule has 6 heteroatoms. The summed E-state index contributed by atoms with van der Waals surface area (Å²) >= 11 is 1.71. The average molecular weight is 408 g/mol. The van der Waals surface area contributed by atoms with Crippen LogP contribution in [0.1, 0.15) is 56.2 Å². The molecule has 3 aromatic rings. The summed E-state index contributed by atoms with van der Waals surface area (Å²) in [6.45, 7) is 6.04. The summed E-state index contributed by atoms with van der Waals surface area (Å²) < 4.78 is 2.12. The number of anilines is 1. The van der Waals surface area contributed by atoms with E-state index in [1.54, 1.807) is 11.3 Å². The van der Waals surface area contributed by atoms with E-state index in [0.29, 0.717) is 0 Å². The Bertz CT molecular complexity index is 1090. The lowest BCUT2D eigenvalue weighted by Crippen LogP contribution is -2.17. The Hall–Kier alpha value is -2.86. The molecule has 2 aromatic heterocycles. The Balaban J connectivity index is 1.82. The number of hydrogen-bond donors (Lipinski definition) is 2. The summed E-state index contributed by atoms with van der Waals surface area (Å²) in [7, 11) is 0. The van der Waals surface area contributed by atoms with Crippen molar-refractivity contribution < 1.29 is 10.0 Å². The molecule has 0 atom stereocenters. The first kappa shape index (κ1) is 19.5. The number of rotatable bonds is 4. The fraction of sp³-hybridized carbons (Fsp3) is 0.304. The second kappa shape index (κ2) is 7.87. The number of benzene rings is 1. The smallest absolute Gasteiger partial charge is 0.258 e. The molecule has 0 spiro atoms. The highest BCUT2D eigenvalue weighted by Gasteiger charge is 2.28. The van der Waals surface area contributed by atoms with Gasteiger partial charge in [0.05, 0.1) is 11.8 Å². The van der Waals surface area contributed by atoms with Crippen LogP contribution in [0.25, 0.3) is 5.00 Å². The number of carbonyl (C=O) groups excluding carboxylic acids is 1. The van der Waals surface area contributed by atoms with E-state index in [2.05, 4.69) is 15.0 Å². The Morgan fingerprint density at radius 2 is 1.90 bits per heavy atom. The number of nitrogens with zero attached hydrogens (tertiary/aromatic N) is 2. The van der Waals surface area contributed by atoms with Crippen molar-refractivity contribution in [3.8, 4) is 5.00 Å². The van der Waals surface area contributed by atoms with Gasteiger partial charge in [0.25, 0.3) is 5.91 Å². The molecule has 0 saturated carbocycles. The highest BCUT2D eigenvalue weighted by molar-refractivity contribution is 7.15. The molecule has 1 aliphatic carbocycles. The quantitative estimate of drug-likeness (QED) is 0.345. The van der Waals surface area contributed by atoms with Crippen LogP contribution in [-0.4, -0.2) is 21.9 Å². The number of oxime groups is 1. The molecule has 1 aromatic carbocycles. The van der Waals surface area contributed by atoms with Crippen molar-refractivity contribution in [1.29, 1.82) is 0 Å². The van der Waals surface area contributed by atoms with Crippen LogP contribution in [0.2, 0.25) is 0 Å². The Kier molecular flexibility index (Phi) is 5.28. The van der Waals surface area contributed by atoms with Gasteiger partial charge in [-0.1, -0.05) is 22.9 Å². The molecule has 150 valence electrons. The molecule has 0 radical (unpaired) electrons. The van der Waals surface area contributed by atoms with E-state index < -0.39 is 0 Å². The molecule has 0 fully saturated rings. The van der Waals surface area contributed by atoms with Crippen LogP contribution in [0, 0.1) is 20.8 Å². The second-order valence-corrected chi connectivity index (χ2v) is 8.70. The van der Waals surface area contributed by atoms with Crippen LogP contribution in [0.3, 0.4) is 0 Å². The summed E-state index contributed by atoms with van der Waals surface area (Å²) in [4.78, 5) is 14.7. The van der Waals surface area contributed by atoms with Crippen molar-refractivity contribution in [2.24, 2.45) is 5.16 Å². The van der Waals surface area contributed by atoms with Crippen LogP contribution in [0.5, 0.6) is 0 Å². The largest absolute Gasteiger partial charge is 0.411 e. The fourth-order valence-corrected chi connectivity index (χ4v) is 5.56. The van der Waals surface area contributed by atoms with Gasteiger partial charge in [-0.2, -0.15) is 0 Å². The van der Waals surface area contributed by atoms with Crippen LogP contribution >= 0.6 is 11.3 Å². The summed E-state index contributed by atoms with van der Waals surface area (Å²) in [6.07, 6.45) is 5.68. The van der Waals surface area contributed by atoms with Crippen molar-refractivity contribution in [2.75, 3.05) is 5.32 Å². The van der Waals surface area contributed by atoms with Gasteiger partial charge >= 0.3 is 0 Å². The number of aryl methyl sites for hydroxylation is 3. The minimum absolute atomic E-state index is 0.0619. The summed E-state index contributed by atoms with van der Waals surface area (Å²) in [6, 6.07) is 9.86. The molecule has 0 saturated heterocycles. The number of nitrogens with one attached hydrogen (secondary N) is 1. The number of hydrogen-bond acceptors (Lipinski definition) is 4. The minimum atomic E-state index is -0.0619. The van der Waals surface area contributed by atoms with E-state index >= 15 is 0 Å². The van der Waals surface area contributed by atoms with Gasteiger partial charge in [-0.3, -0.25) is 4.79 Å². The van der Waals surface area contributed by atoms with Crippen LogP contribution in [0.4, 0.5) is 5.69 Å². The maximum absolute atomic E-state index is 13.4. The van der Waals surface area contributed by atoms with Gasteiger partial charge in [0.2, 0.25) is 0 Å². The predicted molar refractivity (Wildman–Crippen MR) is 118 cm³/mol. The first-order valence-corrected chi connectivity index (χ1v) is 10.7. The number of thiophene rings is 1. The fourth-order valence-electron chi connectivity index (χ4n) is 4.07. The summed E-state index contributed by atoms with van der Waals surface area (Å²) in [5.41, 5.74) is 6.75. The molecule has 5 nitrogen and oxygen atoms in total. The third-order valence-electron chi connectivity index (χ3n) is 5.56. The maximum Gasteiger partial charge on any atom is 0.258 e. The summed E-state index contributed by atoms with van der Waals surface area (Å²) in [5.74, 6) is -0.0619. The van der Waals surface area contributed by atoms with Crippen LogP contribution in [0.15, 0.2) is 35.5 Å². The van der Waals surface area contributed by atoms with Crippen molar-refractivity contribution in [1.82, 2.24) is 4.57 Å². The van der Waals surface area contributed by atoms with Gasteiger partial charge < -0.3 is 15.1 Å². The molecule has 0 aliphatic heterocycles. The van der Waals surface area contributed by atoms with Gasteiger partial charge in [-0.25, -0.2) is 0 Å². The highest BCUT2D eigenvalue weighted by Crippen LogP contribution is 2.39. The van der Waals surface area contributed by atoms with E-state index in [0.717, 1.165) is 64.4 Å². The normalized spacial score (nSPS) is 13.6. The lowest BCUT2D eigenvalue weighted by atomic mass is 9.95. The highest BCUT2D eigenvalue weighted by atomic mass is 32.1. The van der Waals surface area contributed by atoms with E-state index in [4.69, 9.17) is 5.21 Å². The predicted octanol–water partition coefficient (Wildman–Crippen LogP) is 5.40. The van der Waals surface area contributed by atoms with Crippen LogP contribution < -0.4 is 5.32 Å². The number of carbonyl (C=O) groups is 1. The molecular weight excluding hydrogens is 382 g/mol. The van der Waals surface area contributed by atoms with E-state index in [-0.39, 0.29) is 5.91 Å². The molecule has 1 aliphatic rings. The number of aromatic nitrogens is 1. The topological polar surface area (TPSA) is 66.6 Å². The Labute approximate surface area is 174 Å². The molecule has 0 bridgehead atoms. The van der Waals surface area contributed by atoms with Crippen molar-refractivity contribution in [3.05, 3.63) is 68.9 Å². The Morgan fingerprint density at radius 3 is 2.62 bits per heavy atom. The lowest BCUT2D eigenvalue weighted by Gasteiger charge is -2.14. The number of amides is 1. The molecule has 0 unspecified atom stereocenters. The molecule has 4 rings (SSSR count). The Morgan fingerprint density at radius 1 is 1.17 bits per heavy atom. The minimum Gasteiger partial charge on any atom is -0.411 e. The monoisotopic (exact) mass is 407 g/mol. The van der Waals surface area contributed by atoms with Gasteiger partial charge in [-0.05, 0) is 70.2 Å². The zero-order valence-electron chi connectivity index (χ0n) is 17.0. The maximum atomic E-state index is 13.4.